The van der Waals surface area contributed by atoms with Crippen molar-refractivity contribution in [1.82, 2.24) is 4.90 Å². The minimum atomic E-state index is -0.146. The fourth-order valence-corrected chi connectivity index (χ4v) is 4.18. The monoisotopic (exact) mass is 343 g/mol. The lowest BCUT2D eigenvalue weighted by Crippen LogP contribution is -2.44. The summed E-state index contributed by atoms with van der Waals surface area (Å²) in [4.78, 5) is 14.9. The number of piperidine rings is 1. The highest BCUT2D eigenvalue weighted by molar-refractivity contribution is 5.79. The van der Waals surface area contributed by atoms with Gasteiger partial charge in [-0.15, -0.1) is 0 Å². The van der Waals surface area contributed by atoms with E-state index in [0.29, 0.717) is 19.0 Å². The molecule has 1 saturated carbocycles. The molecule has 25 heavy (non-hydrogen) atoms. The van der Waals surface area contributed by atoms with Crippen molar-refractivity contribution in [2.45, 2.75) is 57.0 Å². The number of hydrogen-bond acceptors (Lipinski definition) is 3. The van der Waals surface area contributed by atoms with Gasteiger partial charge in [0.2, 0.25) is 0 Å². The van der Waals surface area contributed by atoms with Gasteiger partial charge in [0.05, 0.1) is 5.92 Å². The molecular weight excluding hydrogens is 314 g/mol. The van der Waals surface area contributed by atoms with Gasteiger partial charge in [0.15, 0.2) is 5.96 Å². The minimum Gasteiger partial charge on any atom is -0.462 e. The largest absolute Gasteiger partial charge is 0.462 e. The van der Waals surface area contributed by atoms with Crippen LogP contribution in [0.5, 0.6) is 0 Å². The molecule has 0 bridgehead atoms. The molecule has 1 aliphatic carbocycles. The van der Waals surface area contributed by atoms with Gasteiger partial charge in [0.25, 0.3) is 0 Å². The molecule has 1 unspecified atom stereocenters. The summed E-state index contributed by atoms with van der Waals surface area (Å²) in [7, 11) is 0. The highest BCUT2D eigenvalue weighted by Crippen LogP contribution is 2.37. The van der Waals surface area contributed by atoms with E-state index in [1.807, 2.05) is 23.1 Å². The summed E-state index contributed by atoms with van der Waals surface area (Å²) in [6.07, 6.45) is 7.34. The Morgan fingerprint density at radius 3 is 2.32 bits per heavy atom. The van der Waals surface area contributed by atoms with E-state index in [1.54, 1.807) is 0 Å². The molecule has 136 valence electrons. The number of esters is 1. The number of likely N-dealkylation sites (tertiary alicyclic amines) is 1. The predicted octanol–water partition coefficient (Wildman–Crippen LogP) is 3.25. The van der Waals surface area contributed by atoms with E-state index in [-0.39, 0.29) is 24.0 Å². The van der Waals surface area contributed by atoms with E-state index >= 15 is 0 Å². The van der Waals surface area contributed by atoms with Gasteiger partial charge in [-0.1, -0.05) is 49.6 Å². The molecule has 0 amide bonds. The van der Waals surface area contributed by atoms with Crippen molar-refractivity contribution in [1.29, 1.82) is 5.41 Å². The zero-order valence-electron chi connectivity index (χ0n) is 14.8. The maximum Gasteiger partial charge on any atom is 0.313 e. The van der Waals surface area contributed by atoms with Crippen molar-refractivity contribution in [2.24, 2.45) is 11.7 Å². The van der Waals surface area contributed by atoms with Crippen LogP contribution in [0.15, 0.2) is 30.3 Å². The summed E-state index contributed by atoms with van der Waals surface area (Å²) in [6, 6.07) is 10.1. The summed E-state index contributed by atoms with van der Waals surface area (Å²) < 4.78 is 5.91. The maximum absolute atomic E-state index is 13.0. The van der Waals surface area contributed by atoms with Crippen molar-refractivity contribution in [3.8, 4) is 0 Å². The standard InChI is InChI=1S/C20H29N3O2/c21-20(22)23-13-11-17(12-14-23)25-19(24)18(15-7-3-1-4-8-15)16-9-5-2-6-10-16/h1,3-4,7-8,16-18H,2,5-6,9-14H2,(H3,21,22). The second-order valence-electron chi connectivity index (χ2n) is 7.29. The molecule has 3 N–H and O–H groups in total. The highest BCUT2D eigenvalue weighted by Gasteiger charge is 2.34. The number of guanidine groups is 1. The Kier molecular flexibility index (Phi) is 5.95. The predicted molar refractivity (Wildman–Crippen MR) is 98.4 cm³/mol. The SMILES string of the molecule is N=C(N)N1CCC(OC(=O)C(c2ccccc2)C2CCCCC2)CC1. The number of nitrogens with two attached hydrogens (primary N) is 1. The van der Waals surface area contributed by atoms with E-state index < -0.39 is 0 Å². The van der Waals surface area contributed by atoms with Crippen LogP contribution < -0.4 is 5.73 Å². The van der Waals surface area contributed by atoms with Crippen LogP contribution >= 0.6 is 0 Å². The number of carbonyl (C=O) groups excluding carboxylic acids is 1. The Hall–Kier alpha value is -2.04. The van der Waals surface area contributed by atoms with E-state index in [0.717, 1.165) is 31.2 Å². The van der Waals surface area contributed by atoms with E-state index in [4.69, 9.17) is 15.9 Å². The van der Waals surface area contributed by atoms with Crippen molar-refractivity contribution < 1.29 is 9.53 Å². The van der Waals surface area contributed by atoms with Gasteiger partial charge in [0, 0.05) is 25.9 Å². The molecule has 0 radical (unpaired) electrons. The second-order valence-corrected chi connectivity index (χ2v) is 7.29. The van der Waals surface area contributed by atoms with Crippen molar-refractivity contribution in [3.05, 3.63) is 35.9 Å². The fraction of sp³-hybridized carbons (Fsp3) is 0.600. The van der Waals surface area contributed by atoms with Gasteiger partial charge in [-0.25, -0.2) is 0 Å². The van der Waals surface area contributed by atoms with Gasteiger partial charge in [-0.3, -0.25) is 10.2 Å². The molecule has 2 aliphatic rings. The van der Waals surface area contributed by atoms with Crippen LogP contribution in [-0.2, 0) is 9.53 Å². The Bertz CT molecular complexity index is 576. The molecule has 5 heteroatoms. The maximum atomic E-state index is 13.0. The number of carbonyl (C=O) groups is 1. The lowest BCUT2D eigenvalue weighted by Gasteiger charge is -2.34. The molecule has 1 heterocycles. The van der Waals surface area contributed by atoms with Gasteiger partial charge in [-0.2, -0.15) is 0 Å². The quantitative estimate of drug-likeness (QED) is 0.500. The first-order valence-electron chi connectivity index (χ1n) is 9.49. The highest BCUT2D eigenvalue weighted by atomic mass is 16.5. The topological polar surface area (TPSA) is 79.4 Å². The first-order chi connectivity index (χ1) is 12.1. The first kappa shape index (κ1) is 17.8. The van der Waals surface area contributed by atoms with Crippen LogP contribution in [0.4, 0.5) is 0 Å². The lowest BCUT2D eigenvalue weighted by atomic mass is 9.77. The molecule has 5 nitrogen and oxygen atoms in total. The average molecular weight is 343 g/mol. The summed E-state index contributed by atoms with van der Waals surface area (Å²) >= 11 is 0. The van der Waals surface area contributed by atoms with Crippen LogP contribution in [-0.4, -0.2) is 36.0 Å². The van der Waals surface area contributed by atoms with E-state index in [1.165, 1.54) is 19.3 Å². The number of benzene rings is 1. The van der Waals surface area contributed by atoms with Gasteiger partial charge < -0.3 is 15.4 Å². The van der Waals surface area contributed by atoms with Crippen molar-refractivity contribution in [2.75, 3.05) is 13.1 Å². The van der Waals surface area contributed by atoms with Gasteiger partial charge in [0.1, 0.15) is 6.10 Å². The summed E-state index contributed by atoms with van der Waals surface area (Å²) in [6.45, 7) is 1.37. The van der Waals surface area contributed by atoms with Gasteiger partial charge >= 0.3 is 5.97 Å². The number of hydrogen-bond donors (Lipinski definition) is 2. The number of rotatable bonds is 4. The molecule has 1 atom stereocenters. The molecule has 1 saturated heterocycles. The fourth-order valence-electron chi connectivity index (χ4n) is 4.18. The summed E-state index contributed by atoms with van der Waals surface area (Å²) in [5.41, 5.74) is 6.62. The average Bonchev–Trinajstić information content (AvgIpc) is 2.64. The molecule has 2 fully saturated rings. The molecule has 1 aromatic carbocycles. The smallest absolute Gasteiger partial charge is 0.313 e. The second kappa shape index (κ2) is 8.37. The minimum absolute atomic E-state index is 0.0575. The molecule has 0 spiro atoms. The van der Waals surface area contributed by atoms with Gasteiger partial charge in [-0.05, 0) is 24.3 Å². The summed E-state index contributed by atoms with van der Waals surface area (Å²) in [5, 5.41) is 7.51. The van der Waals surface area contributed by atoms with Crippen LogP contribution in [0, 0.1) is 11.3 Å². The molecule has 0 aromatic heterocycles. The van der Waals surface area contributed by atoms with Crippen LogP contribution in [0.3, 0.4) is 0 Å². The lowest BCUT2D eigenvalue weighted by molar-refractivity contribution is -0.154. The third-order valence-electron chi connectivity index (χ3n) is 5.60. The van der Waals surface area contributed by atoms with Crippen LogP contribution in [0.2, 0.25) is 0 Å². The number of ether oxygens (including phenoxy) is 1. The molecule has 1 aliphatic heterocycles. The van der Waals surface area contributed by atoms with E-state index in [9.17, 15) is 4.79 Å². The Labute approximate surface area is 150 Å². The summed E-state index contributed by atoms with van der Waals surface area (Å²) in [5.74, 6) is 0.279. The third kappa shape index (κ3) is 4.53. The number of nitrogens with one attached hydrogen (secondary N) is 1. The van der Waals surface area contributed by atoms with Crippen molar-refractivity contribution >= 4 is 11.9 Å². The molecule has 3 rings (SSSR count). The normalized spacial score (nSPS) is 20.9. The number of nitrogens with zero attached hydrogens (tertiary/aromatic N) is 1. The third-order valence-corrected chi connectivity index (χ3v) is 5.60. The van der Waals surface area contributed by atoms with Crippen LogP contribution in [0.25, 0.3) is 0 Å². The zero-order valence-corrected chi connectivity index (χ0v) is 14.8. The Balaban J connectivity index is 1.66. The van der Waals surface area contributed by atoms with E-state index in [2.05, 4.69) is 12.1 Å². The Morgan fingerprint density at radius 2 is 1.72 bits per heavy atom. The molecule has 1 aromatic rings. The first-order valence-corrected chi connectivity index (χ1v) is 9.49. The Morgan fingerprint density at radius 1 is 1.08 bits per heavy atom. The zero-order chi connectivity index (χ0) is 17.6. The van der Waals surface area contributed by atoms with Crippen molar-refractivity contribution in [3.63, 3.8) is 0 Å². The molecular formula is C20H29N3O2. The van der Waals surface area contributed by atoms with Crippen LogP contribution in [0.1, 0.15) is 56.4 Å².